The van der Waals surface area contributed by atoms with Crippen molar-refractivity contribution in [1.82, 2.24) is 0 Å². The molecule has 0 aliphatic carbocycles. The molecule has 4 heteroatoms. The van der Waals surface area contributed by atoms with Crippen molar-refractivity contribution in [3.63, 3.8) is 0 Å². The van der Waals surface area contributed by atoms with E-state index in [9.17, 15) is 4.79 Å². The third-order valence-corrected chi connectivity index (χ3v) is 3.66. The van der Waals surface area contributed by atoms with Gasteiger partial charge in [0.2, 0.25) is 0 Å². The fourth-order valence-electron chi connectivity index (χ4n) is 2.61. The maximum absolute atomic E-state index is 12.4. The largest absolute Gasteiger partial charge is 0.494 e. The van der Waals surface area contributed by atoms with E-state index in [1.54, 1.807) is 6.08 Å². The summed E-state index contributed by atoms with van der Waals surface area (Å²) in [5.74, 6) is 1.33. The summed E-state index contributed by atoms with van der Waals surface area (Å²) in [6, 6.07) is 13.2. The Balaban J connectivity index is 1.98. The standard InChI is InChI=1S/C20H19NO3/c1-3-11-24-19-8-6-5-7-14(19)12-17-16-10-9-15(23-4-2)13-18(16)21-20(17)22/h3,5-10,12-13H,1,4,11H2,2H3,(H,21,22). The van der Waals surface area contributed by atoms with E-state index in [-0.39, 0.29) is 5.91 Å². The van der Waals surface area contributed by atoms with Gasteiger partial charge in [-0.1, -0.05) is 30.9 Å². The van der Waals surface area contributed by atoms with Crippen LogP contribution in [0.15, 0.2) is 55.1 Å². The van der Waals surface area contributed by atoms with Gasteiger partial charge >= 0.3 is 0 Å². The van der Waals surface area contributed by atoms with Crippen molar-refractivity contribution in [3.8, 4) is 11.5 Å². The number of carbonyl (C=O) groups excluding carboxylic acids is 1. The second-order valence-corrected chi connectivity index (χ2v) is 5.29. The number of rotatable bonds is 6. The normalized spacial score (nSPS) is 14.2. The summed E-state index contributed by atoms with van der Waals surface area (Å²) < 4.78 is 11.1. The lowest BCUT2D eigenvalue weighted by molar-refractivity contribution is -0.110. The lowest BCUT2D eigenvalue weighted by Crippen LogP contribution is -2.04. The van der Waals surface area contributed by atoms with Gasteiger partial charge in [0, 0.05) is 22.8 Å². The van der Waals surface area contributed by atoms with Crippen LogP contribution in [0.1, 0.15) is 18.1 Å². The van der Waals surface area contributed by atoms with Crippen molar-refractivity contribution in [2.24, 2.45) is 0 Å². The third-order valence-electron chi connectivity index (χ3n) is 3.66. The lowest BCUT2D eigenvalue weighted by Gasteiger charge is -2.08. The van der Waals surface area contributed by atoms with Gasteiger partial charge in [0.05, 0.1) is 12.3 Å². The topological polar surface area (TPSA) is 47.6 Å². The van der Waals surface area contributed by atoms with Crippen molar-refractivity contribution < 1.29 is 14.3 Å². The van der Waals surface area contributed by atoms with Crippen LogP contribution in [0.2, 0.25) is 0 Å². The van der Waals surface area contributed by atoms with E-state index < -0.39 is 0 Å². The number of fused-ring (bicyclic) bond motifs is 1. The minimum Gasteiger partial charge on any atom is -0.494 e. The van der Waals surface area contributed by atoms with Crippen molar-refractivity contribution in [2.75, 3.05) is 18.5 Å². The summed E-state index contributed by atoms with van der Waals surface area (Å²) in [5.41, 5.74) is 3.10. The zero-order valence-electron chi connectivity index (χ0n) is 13.5. The Morgan fingerprint density at radius 1 is 1.17 bits per heavy atom. The van der Waals surface area contributed by atoms with Crippen LogP contribution in [-0.4, -0.2) is 19.1 Å². The summed E-state index contributed by atoms with van der Waals surface area (Å²) in [6.07, 6.45) is 3.54. The van der Waals surface area contributed by atoms with Gasteiger partial charge in [0.15, 0.2) is 0 Å². The Morgan fingerprint density at radius 3 is 2.79 bits per heavy atom. The molecule has 0 bridgehead atoms. The first-order chi connectivity index (χ1) is 11.7. The number of hydrogen-bond donors (Lipinski definition) is 1. The van der Waals surface area contributed by atoms with E-state index in [1.807, 2.05) is 55.5 Å². The molecule has 0 spiro atoms. The third kappa shape index (κ3) is 3.18. The number of benzene rings is 2. The minimum absolute atomic E-state index is 0.128. The highest BCUT2D eigenvalue weighted by molar-refractivity contribution is 6.35. The molecule has 0 fully saturated rings. The Bertz CT molecular complexity index is 808. The zero-order chi connectivity index (χ0) is 16.9. The minimum atomic E-state index is -0.128. The first-order valence-corrected chi connectivity index (χ1v) is 7.86. The van der Waals surface area contributed by atoms with Crippen LogP contribution >= 0.6 is 0 Å². The van der Waals surface area contributed by atoms with Crippen LogP contribution in [0.3, 0.4) is 0 Å². The Labute approximate surface area is 141 Å². The summed E-state index contributed by atoms with van der Waals surface area (Å²) in [7, 11) is 0. The van der Waals surface area contributed by atoms with E-state index in [4.69, 9.17) is 9.47 Å². The van der Waals surface area contributed by atoms with Crippen molar-refractivity contribution in [2.45, 2.75) is 6.92 Å². The maximum Gasteiger partial charge on any atom is 0.256 e. The molecule has 1 amide bonds. The molecule has 1 aliphatic heterocycles. The van der Waals surface area contributed by atoms with Gasteiger partial charge in [0.25, 0.3) is 5.91 Å². The Hall–Kier alpha value is -3.01. The number of hydrogen-bond acceptors (Lipinski definition) is 3. The van der Waals surface area contributed by atoms with Gasteiger partial charge in [-0.3, -0.25) is 4.79 Å². The molecule has 0 unspecified atom stereocenters. The second kappa shape index (κ2) is 7.04. The summed E-state index contributed by atoms with van der Waals surface area (Å²) >= 11 is 0. The van der Waals surface area contributed by atoms with Crippen molar-refractivity contribution >= 4 is 23.2 Å². The molecule has 2 aromatic carbocycles. The molecule has 122 valence electrons. The quantitative estimate of drug-likeness (QED) is 0.642. The molecule has 2 aromatic rings. The molecule has 4 nitrogen and oxygen atoms in total. The molecule has 1 aliphatic rings. The molecular weight excluding hydrogens is 302 g/mol. The Kier molecular flexibility index (Phi) is 4.66. The van der Waals surface area contributed by atoms with Crippen LogP contribution in [-0.2, 0) is 4.79 Å². The van der Waals surface area contributed by atoms with Crippen LogP contribution < -0.4 is 14.8 Å². The smallest absolute Gasteiger partial charge is 0.256 e. The van der Waals surface area contributed by atoms with E-state index in [0.29, 0.717) is 18.8 Å². The van der Waals surface area contributed by atoms with Crippen LogP contribution in [0.4, 0.5) is 5.69 Å². The summed E-state index contributed by atoms with van der Waals surface area (Å²) in [5, 5.41) is 2.88. The van der Waals surface area contributed by atoms with E-state index in [0.717, 1.165) is 28.3 Å². The van der Waals surface area contributed by atoms with Crippen LogP contribution in [0.5, 0.6) is 11.5 Å². The predicted molar refractivity (Wildman–Crippen MR) is 96.2 cm³/mol. The molecule has 24 heavy (non-hydrogen) atoms. The molecule has 0 radical (unpaired) electrons. The lowest BCUT2D eigenvalue weighted by atomic mass is 10.0. The van der Waals surface area contributed by atoms with Gasteiger partial charge in [-0.05, 0) is 31.2 Å². The number of para-hydroxylation sites is 1. The fourth-order valence-corrected chi connectivity index (χ4v) is 2.61. The summed E-state index contributed by atoms with van der Waals surface area (Å²) in [4.78, 5) is 12.4. The predicted octanol–water partition coefficient (Wildman–Crippen LogP) is 4.14. The van der Waals surface area contributed by atoms with Crippen molar-refractivity contribution in [1.29, 1.82) is 0 Å². The second-order valence-electron chi connectivity index (χ2n) is 5.29. The molecular formula is C20H19NO3. The number of ether oxygens (including phenoxy) is 2. The van der Waals surface area contributed by atoms with Gasteiger partial charge < -0.3 is 14.8 Å². The zero-order valence-corrected chi connectivity index (χ0v) is 13.5. The number of anilines is 1. The first-order valence-electron chi connectivity index (χ1n) is 7.86. The first kappa shape index (κ1) is 15.9. The van der Waals surface area contributed by atoms with Gasteiger partial charge in [-0.25, -0.2) is 0 Å². The SMILES string of the molecule is C=CCOc1ccccc1C=C1C(=O)Nc2cc(OCC)ccc21. The molecule has 0 saturated carbocycles. The van der Waals surface area contributed by atoms with Crippen molar-refractivity contribution in [3.05, 3.63) is 66.2 Å². The van der Waals surface area contributed by atoms with Crippen LogP contribution in [0, 0.1) is 0 Å². The average molecular weight is 321 g/mol. The van der Waals surface area contributed by atoms with E-state index >= 15 is 0 Å². The van der Waals surface area contributed by atoms with Gasteiger partial charge in [0.1, 0.15) is 18.1 Å². The molecule has 3 rings (SSSR count). The Morgan fingerprint density at radius 2 is 2.00 bits per heavy atom. The maximum atomic E-state index is 12.4. The van der Waals surface area contributed by atoms with Gasteiger partial charge in [-0.2, -0.15) is 0 Å². The molecule has 1 N–H and O–H groups in total. The number of amides is 1. The number of carbonyl (C=O) groups is 1. The summed E-state index contributed by atoms with van der Waals surface area (Å²) in [6.45, 7) is 6.59. The molecule has 0 atom stereocenters. The van der Waals surface area contributed by atoms with E-state index in [1.165, 1.54) is 0 Å². The molecule has 0 saturated heterocycles. The van der Waals surface area contributed by atoms with Gasteiger partial charge in [-0.15, -0.1) is 0 Å². The average Bonchev–Trinajstić information content (AvgIpc) is 2.89. The highest BCUT2D eigenvalue weighted by atomic mass is 16.5. The molecule has 0 aromatic heterocycles. The highest BCUT2D eigenvalue weighted by Crippen LogP contribution is 2.36. The monoisotopic (exact) mass is 321 g/mol. The number of nitrogens with one attached hydrogen (secondary N) is 1. The van der Waals surface area contributed by atoms with E-state index in [2.05, 4.69) is 11.9 Å². The van der Waals surface area contributed by atoms with Crippen LogP contribution in [0.25, 0.3) is 11.6 Å². The fraction of sp³-hybridized carbons (Fsp3) is 0.150. The highest BCUT2D eigenvalue weighted by Gasteiger charge is 2.24. The molecule has 1 heterocycles.